The van der Waals surface area contributed by atoms with Crippen molar-refractivity contribution in [3.8, 4) is 11.5 Å². The molecule has 1 aromatic rings. The number of hydrogen-bond acceptors (Lipinski definition) is 5. The maximum atomic E-state index is 9.76. The van der Waals surface area contributed by atoms with Gasteiger partial charge in [-0.25, -0.2) is 0 Å². The number of methoxy groups -OCH3 is 1. The molecule has 1 rings (SSSR count). The van der Waals surface area contributed by atoms with Crippen molar-refractivity contribution < 1.29 is 19.3 Å². The van der Waals surface area contributed by atoms with E-state index >= 15 is 0 Å². The Bertz CT molecular complexity index is 398. The van der Waals surface area contributed by atoms with E-state index in [0.717, 1.165) is 30.0 Å². The zero-order valence-electron chi connectivity index (χ0n) is 13.2. The van der Waals surface area contributed by atoms with Gasteiger partial charge in [0.2, 0.25) is 0 Å². The first-order valence-electron chi connectivity index (χ1n) is 7.47. The van der Waals surface area contributed by atoms with Crippen molar-refractivity contribution in [2.45, 2.75) is 32.9 Å². The number of aliphatic hydroxyl groups is 1. The fourth-order valence-electron chi connectivity index (χ4n) is 1.85. The van der Waals surface area contributed by atoms with E-state index < -0.39 is 6.10 Å². The third-order valence-electron chi connectivity index (χ3n) is 2.96. The van der Waals surface area contributed by atoms with Crippen LogP contribution in [0.4, 0.5) is 0 Å². The van der Waals surface area contributed by atoms with Crippen LogP contribution >= 0.6 is 0 Å². The van der Waals surface area contributed by atoms with Crippen LogP contribution in [0, 0.1) is 0 Å². The van der Waals surface area contributed by atoms with Crippen molar-refractivity contribution in [3.63, 3.8) is 0 Å². The summed E-state index contributed by atoms with van der Waals surface area (Å²) in [5, 5.41) is 13.1. The SMILES string of the molecule is CCCNCc1cc(OC)ccc1OCC(O)COCC. The zero-order valence-corrected chi connectivity index (χ0v) is 13.2. The third kappa shape index (κ3) is 6.80. The molecule has 0 spiro atoms. The van der Waals surface area contributed by atoms with E-state index in [1.54, 1.807) is 7.11 Å². The van der Waals surface area contributed by atoms with Gasteiger partial charge in [0.15, 0.2) is 0 Å². The third-order valence-corrected chi connectivity index (χ3v) is 2.96. The standard InChI is InChI=1S/C16H27NO4/c1-4-8-17-10-13-9-15(19-3)6-7-16(13)21-12-14(18)11-20-5-2/h6-7,9,14,17-18H,4-5,8,10-12H2,1-3H3. The summed E-state index contributed by atoms with van der Waals surface area (Å²) in [6.07, 6.45) is 0.455. The van der Waals surface area contributed by atoms with Gasteiger partial charge in [-0.15, -0.1) is 0 Å². The Morgan fingerprint density at radius 2 is 2.05 bits per heavy atom. The molecule has 0 aromatic heterocycles. The minimum atomic E-state index is -0.622. The van der Waals surface area contributed by atoms with Crippen molar-refractivity contribution in [1.82, 2.24) is 5.32 Å². The molecule has 5 nitrogen and oxygen atoms in total. The number of benzene rings is 1. The largest absolute Gasteiger partial charge is 0.497 e. The van der Waals surface area contributed by atoms with E-state index in [2.05, 4.69) is 12.2 Å². The van der Waals surface area contributed by atoms with Gasteiger partial charge in [-0.3, -0.25) is 0 Å². The van der Waals surface area contributed by atoms with E-state index in [1.165, 1.54) is 0 Å². The van der Waals surface area contributed by atoms with Crippen LogP contribution in [0.15, 0.2) is 18.2 Å². The molecule has 21 heavy (non-hydrogen) atoms. The van der Waals surface area contributed by atoms with Crippen molar-refractivity contribution in [3.05, 3.63) is 23.8 Å². The number of ether oxygens (including phenoxy) is 3. The second-order valence-corrected chi connectivity index (χ2v) is 4.77. The first-order chi connectivity index (χ1) is 10.2. The van der Waals surface area contributed by atoms with Gasteiger partial charge < -0.3 is 24.6 Å². The van der Waals surface area contributed by atoms with Gasteiger partial charge in [-0.1, -0.05) is 6.92 Å². The lowest BCUT2D eigenvalue weighted by Gasteiger charge is -2.16. The van der Waals surface area contributed by atoms with Crippen LogP contribution in [0.1, 0.15) is 25.8 Å². The summed E-state index contributed by atoms with van der Waals surface area (Å²) in [5.41, 5.74) is 1.02. The molecule has 1 atom stereocenters. The molecule has 0 radical (unpaired) electrons. The predicted molar refractivity (Wildman–Crippen MR) is 83.0 cm³/mol. The molecule has 5 heteroatoms. The Balaban J connectivity index is 2.61. The Labute approximate surface area is 127 Å². The second kappa shape index (κ2) is 10.4. The highest BCUT2D eigenvalue weighted by Gasteiger charge is 2.09. The average molecular weight is 297 g/mol. The summed E-state index contributed by atoms with van der Waals surface area (Å²) < 4.78 is 16.1. The second-order valence-electron chi connectivity index (χ2n) is 4.77. The van der Waals surface area contributed by atoms with Gasteiger partial charge in [-0.05, 0) is 38.1 Å². The van der Waals surface area contributed by atoms with Gasteiger partial charge in [0.05, 0.1) is 13.7 Å². The molecule has 1 unspecified atom stereocenters. The highest BCUT2D eigenvalue weighted by molar-refractivity contribution is 5.40. The van der Waals surface area contributed by atoms with Crippen LogP contribution in [-0.2, 0) is 11.3 Å². The fourth-order valence-corrected chi connectivity index (χ4v) is 1.85. The van der Waals surface area contributed by atoms with Gasteiger partial charge in [0, 0.05) is 18.7 Å². The van der Waals surface area contributed by atoms with E-state index in [4.69, 9.17) is 14.2 Å². The Morgan fingerprint density at radius 1 is 1.24 bits per heavy atom. The monoisotopic (exact) mass is 297 g/mol. The van der Waals surface area contributed by atoms with Crippen LogP contribution in [0.5, 0.6) is 11.5 Å². The molecule has 0 aliphatic heterocycles. The Morgan fingerprint density at radius 3 is 2.71 bits per heavy atom. The lowest BCUT2D eigenvalue weighted by molar-refractivity contribution is 0.0162. The van der Waals surface area contributed by atoms with E-state index in [0.29, 0.717) is 13.2 Å². The average Bonchev–Trinajstić information content (AvgIpc) is 2.51. The summed E-state index contributed by atoms with van der Waals surface area (Å²) in [7, 11) is 1.64. The lowest BCUT2D eigenvalue weighted by Crippen LogP contribution is -2.24. The van der Waals surface area contributed by atoms with Crippen LogP contribution in [0.25, 0.3) is 0 Å². The number of hydrogen-bond donors (Lipinski definition) is 2. The quantitative estimate of drug-likeness (QED) is 0.612. The van der Waals surface area contributed by atoms with Gasteiger partial charge in [0.1, 0.15) is 24.2 Å². The molecule has 0 saturated heterocycles. The topological polar surface area (TPSA) is 60.0 Å². The molecule has 0 amide bonds. The lowest BCUT2D eigenvalue weighted by atomic mass is 10.2. The van der Waals surface area contributed by atoms with E-state index in [1.807, 2.05) is 25.1 Å². The van der Waals surface area contributed by atoms with E-state index in [-0.39, 0.29) is 13.2 Å². The molecular formula is C16H27NO4. The summed E-state index contributed by atoms with van der Waals surface area (Å²) in [5.74, 6) is 1.56. The number of rotatable bonds is 11. The number of aliphatic hydroxyl groups excluding tert-OH is 1. The summed E-state index contributed by atoms with van der Waals surface area (Å²) >= 11 is 0. The van der Waals surface area contributed by atoms with E-state index in [9.17, 15) is 5.11 Å². The van der Waals surface area contributed by atoms with Crippen LogP contribution in [0.2, 0.25) is 0 Å². The van der Waals surface area contributed by atoms with Crippen molar-refractivity contribution >= 4 is 0 Å². The van der Waals surface area contributed by atoms with Crippen LogP contribution in [-0.4, -0.2) is 44.7 Å². The molecule has 0 fully saturated rings. The van der Waals surface area contributed by atoms with Gasteiger partial charge in [-0.2, -0.15) is 0 Å². The van der Waals surface area contributed by atoms with Crippen molar-refractivity contribution in [2.75, 3.05) is 33.5 Å². The number of nitrogens with one attached hydrogen (secondary N) is 1. The van der Waals surface area contributed by atoms with Crippen LogP contribution < -0.4 is 14.8 Å². The fraction of sp³-hybridized carbons (Fsp3) is 0.625. The summed E-state index contributed by atoms with van der Waals surface area (Å²) in [6.45, 7) is 6.77. The van der Waals surface area contributed by atoms with Crippen molar-refractivity contribution in [2.24, 2.45) is 0 Å². The molecule has 0 saturated carbocycles. The molecule has 2 N–H and O–H groups in total. The minimum absolute atomic E-state index is 0.215. The zero-order chi connectivity index (χ0) is 15.5. The summed E-state index contributed by atoms with van der Waals surface area (Å²) in [4.78, 5) is 0. The molecule has 1 aromatic carbocycles. The molecule has 0 aliphatic rings. The molecule has 0 bridgehead atoms. The highest BCUT2D eigenvalue weighted by atomic mass is 16.5. The van der Waals surface area contributed by atoms with Crippen molar-refractivity contribution in [1.29, 1.82) is 0 Å². The van der Waals surface area contributed by atoms with Gasteiger partial charge in [0.25, 0.3) is 0 Å². The normalized spacial score (nSPS) is 12.2. The maximum Gasteiger partial charge on any atom is 0.124 e. The highest BCUT2D eigenvalue weighted by Crippen LogP contribution is 2.24. The van der Waals surface area contributed by atoms with Crippen LogP contribution in [0.3, 0.4) is 0 Å². The van der Waals surface area contributed by atoms with Gasteiger partial charge >= 0.3 is 0 Å². The molecule has 0 heterocycles. The first-order valence-corrected chi connectivity index (χ1v) is 7.47. The Hall–Kier alpha value is -1.30. The minimum Gasteiger partial charge on any atom is -0.497 e. The predicted octanol–water partition coefficient (Wildman–Crippen LogP) is 1.97. The smallest absolute Gasteiger partial charge is 0.124 e. The maximum absolute atomic E-state index is 9.76. The molecule has 0 aliphatic carbocycles. The first kappa shape index (κ1) is 17.8. The molecule has 120 valence electrons. The summed E-state index contributed by atoms with van der Waals surface area (Å²) in [6, 6.07) is 5.68. The molecular weight excluding hydrogens is 270 g/mol. The Kier molecular flexibility index (Phi) is 8.82.